The Bertz CT molecular complexity index is 697. The summed E-state index contributed by atoms with van der Waals surface area (Å²) in [6.07, 6.45) is 5.38. The van der Waals surface area contributed by atoms with Crippen LogP contribution in [0.4, 0.5) is 11.8 Å². The Balaban J connectivity index is 0.00000104. The minimum Gasteiger partial charge on any atom is -0.368 e. The minimum absolute atomic E-state index is 0. The number of halogens is 2. The molecule has 0 aromatic carbocycles. The molecule has 132 valence electrons. The molecule has 0 unspecified atom stereocenters. The predicted octanol–water partition coefficient (Wildman–Crippen LogP) is 1.93. The number of hydrogen-bond acceptors (Lipinski definition) is 6. The van der Waals surface area contributed by atoms with Gasteiger partial charge < -0.3 is 16.8 Å². The molecule has 1 fully saturated rings. The van der Waals surface area contributed by atoms with E-state index >= 15 is 0 Å². The highest BCUT2D eigenvalue weighted by molar-refractivity contribution is 5.85. The highest BCUT2D eigenvalue weighted by Crippen LogP contribution is 2.35. The fraction of sp³-hybridized carbons (Fsp3) is 0.533. The molecule has 1 saturated carbocycles. The Morgan fingerprint density at radius 2 is 2.00 bits per heavy atom. The highest BCUT2D eigenvalue weighted by atomic mass is 35.5. The van der Waals surface area contributed by atoms with E-state index in [1.165, 1.54) is 17.7 Å². The molecule has 2 aliphatic rings. The maximum absolute atomic E-state index is 5.86. The van der Waals surface area contributed by atoms with Gasteiger partial charge in [0.15, 0.2) is 0 Å². The lowest BCUT2D eigenvalue weighted by atomic mass is 9.78. The van der Waals surface area contributed by atoms with Gasteiger partial charge in [0.05, 0.1) is 17.9 Å². The largest absolute Gasteiger partial charge is 0.368 e. The summed E-state index contributed by atoms with van der Waals surface area (Å²) in [7, 11) is 0. The molecule has 2 aliphatic carbocycles. The molecule has 2 heterocycles. The van der Waals surface area contributed by atoms with Crippen molar-refractivity contribution in [1.29, 1.82) is 0 Å². The summed E-state index contributed by atoms with van der Waals surface area (Å²) in [5.41, 5.74) is 16.4. The predicted molar refractivity (Wildman–Crippen MR) is 98.8 cm³/mol. The van der Waals surface area contributed by atoms with Crippen molar-refractivity contribution >= 4 is 36.6 Å². The Morgan fingerprint density at radius 3 is 2.75 bits per heavy atom. The number of rotatable bonds is 4. The van der Waals surface area contributed by atoms with Crippen LogP contribution in [0, 0.1) is 0 Å². The summed E-state index contributed by atoms with van der Waals surface area (Å²) in [4.78, 5) is 8.62. The lowest BCUT2D eigenvalue weighted by Gasteiger charge is -2.32. The van der Waals surface area contributed by atoms with Gasteiger partial charge in [0, 0.05) is 23.7 Å². The first-order valence-electron chi connectivity index (χ1n) is 7.88. The Hall–Kier alpha value is -1.57. The molecule has 7 nitrogen and oxygen atoms in total. The normalized spacial score (nSPS) is 21.2. The van der Waals surface area contributed by atoms with Crippen molar-refractivity contribution in [1.82, 2.24) is 20.2 Å². The van der Waals surface area contributed by atoms with E-state index in [0.29, 0.717) is 24.5 Å². The lowest BCUT2D eigenvalue weighted by molar-refractivity contribution is 0.345. The van der Waals surface area contributed by atoms with E-state index in [9.17, 15) is 0 Å². The molecular weight excluding hydrogens is 349 g/mol. The number of nitrogens with one attached hydrogen (secondary N) is 2. The molecule has 0 bridgehead atoms. The van der Waals surface area contributed by atoms with Gasteiger partial charge in [0.1, 0.15) is 5.82 Å². The third kappa shape index (κ3) is 3.58. The topological polar surface area (TPSA) is 119 Å². The van der Waals surface area contributed by atoms with Crippen LogP contribution in [0.25, 0.3) is 0 Å². The number of fused-ring (bicyclic) bond motifs is 1. The van der Waals surface area contributed by atoms with E-state index in [2.05, 4.69) is 25.5 Å². The van der Waals surface area contributed by atoms with Gasteiger partial charge in [-0.05, 0) is 37.7 Å². The average Bonchev–Trinajstić information content (AvgIpc) is 3.04. The van der Waals surface area contributed by atoms with Crippen LogP contribution in [0.2, 0.25) is 0 Å². The van der Waals surface area contributed by atoms with Crippen LogP contribution in [0.15, 0.2) is 6.07 Å². The number of aromatic nitrogens is 4. The number of nitrogens with zero attached hydrogens (tertiary/aromatic N) is 3. The van der Waals surface area contributed by atoms with Crippen LogP contribution in [0.3, 0.4) is 0 Å². The molecular formula is C15H23Cl2N7. The minimum atomic E-state index is 0. The molecule has 2 aromatic heterocycles. The van der Waals surface area contributed by atoms with Crippen molar-refractivity contribution in [2.75, 3.05) is 11.1 Å². The molecule has 24 heavy (non-hydrogen) atoms. The van der Waals surface area contributed by atoms with Crippen LogP contribution in [-0.4, -0.2) is 26.2 Å². The molecule has 0 amide bonds. The number of nitrogen functional groups attached to an aromatic ring is 1. The zero-order chi connectivity index (χ0) is 15.1. The summed E-state index contributed by atoms with van der Waals surface area (Å²) in [5.74, 6) is 1.49. The molecule has 0 radical (unpaired) electrons. The number of aryl methyl sites for hydroxylation is 1. The fourth-order valence-corrected chi connectivity index (χ4v) is 3.40. The average molecular weight is 372 g/mol. The standard InChI is InChI=1S/C15H21N7.2ClH/c16-9-4-8(5-9)12-6-14(20-15(17)19-12)18-7-13-10-2-1-3-11(10)21-22-13;;/h6,8-9H,1-5,7,16H2,(H,21,22)(H3,17,18,19,20);2*1H. The van der Waals surface area contributed by atoms with Crippen LogP contribution < -0.4 is 16.8 Å². The number of nitrogens with two attached hydrogens (primary N) is 2. The monoisotopic (exact) mass is 371 g/mol. The Kier molecular flexibility index (Phi) is 5.90. The number of hydrogen-bond donors (Lipinski definition) is 4. The first-order valence-corrected chi connectivity index (χ1v) is 7.88. The van der Waals surface area contributed by atoms with Crippen LogP contribution >= 0.6 is 24.8 Å². The quantitative estimate of drug-likeness (QED) is 0.651. The van der Waals surface area contributed by atoms with Crippen molar-refractivity contribution in [3.8, 4) is 0 Å². The Labute approximate surface area is 153 Å². The second-order valence-electron chi connectivity index (χ2n) is 6.30. The van der Waals surface area contributed by atoms with E-state index in [0.717, 1.165) is 42.9 Å². The van der Waals surface area contributed by atoms with Gasteiger partial charge in [0.2, 0.25) is 5.95 Å². The summed E-state index contributed by atoms with van der Waals surface area (Å²) < 4.78 is 0. The van der Waals surface area contributed by atoms with Gasteiger partial charge in [-0.1, -0.05) is 0 Å². The third-order valence-electron chi connectivity index (χ3n) is 4.69. The molecule has 0 aliphatic heterocycles. The van der Waals surface area contributed by atoms with E-state index < -0.39 is 0 Å². The molecule has 0 spiro atoms. The SMILES string of the molecule is Cl.Cl.Nc1nc(NCc2n[nH]c3c2CCC3)cc(C2CC(N)C2)n1. The van der Waals surface area contributed by atoms with Gasteiger partial charge in [0.25, 0.3) is 0 Å². The van der Waals surface area contributed by atoms with Gasteiger partial charge in [-0.15, -0.1) is 24.8 Å². The number of anilines is 2. The molecule has 4 rings (SSSR count). The summed E-state index contributed by atoms with van der Waals surface area (Å²) in [5, 5.41) is 10.8. The van der Waals surface area contributed by atoms with Gasteiger partial charge in [-0.25, -0.2) is 4.98 Å². The summed E-state index contributed by atoms with van der Waals surface area (Å²) in [6, 6.07) is 2.28. The second-order valence-corrected chi connectivity index (χ2v) is 6.30. The molecule has 0 saturated heterocycles. The summed E-state index contributed by atoms with van der Waals surface area (Å²) in [6.45, 7) is 0.659. The summed E-state index contributed by atoms with van der Waals surface area (Å²) >= 11 is 0. The van der Waals surface area contributed by atoms with Gasteiger partial charge >= 0.3 is 0 Å². The lowest BCUT2D eigenvalue weighted by Crippen LogP contribution is -2.35. The van der Waals surface area contributed by atoms with Crippen molar-refractivity contribution < 1.29 is 0 Å². The zero-order valence-electron chi connectivity index (χ0n) is 13.3. The van der Waals surface area contributed by atoms with Crippen molar-refractivity contribution in [2.45, 2.75) is 50.6 Å². The van der Waals surface area contributed by atoms with Crippen LogP contribution in [0.1, 0.15) is 47.8 Å². The van der Waals surface area contributed by atoms with Gasteiger partial charge in [-0.3, -0.25) is 5.10 Å². The Morgan fingerprint density at radius 1 is 1.21 bits per heavy atom. The molecule has 2 aromatic rings. The zero-order valence-corrected chi connectivity index (χ0v) is 14.9. The van der Waals surface area contributed by atoms with E-state index in [1.54, 1.807) is 0 Å². The molecule has 0 atom stereocenters. The van der Waals surface area contributed by atoms with Crippen molar-refractivity contribution in [3.05, 3.63) is 28.7 Å². The van der Waals surface area contributed by atoms with Crippen molar-refractivity contribution in [2.24, 2.45) is 5.73 Å². The van der Waals surface area contributed by atoms with Crippen LogP contribution in [-0.2, 0) is 19.4 Å². The first kappa shape index (κ1) is 18.8. The second kappa shape index (κ2) is 7.55. The number of H-pyrrole nitrogens is 1. The van der Waals surface area contributed by atoms with E-state index in [1.807, 2.05) is 6.07 Å². The highest BCUT2D eigenvalue weighted by Gasteiger charge is 2.29. The van der Waals surface area contributed by atoms with Gasteiger partial charge in [-0.2, -0.15) is 10.1 Å². The van der Waals surface area contributed by atoms with E-state index in [4.69, 9.17) is 11.5 Å². The van der Waals surface area contributed by atoms with E-state index in [-0.39, 0.29) is 24.8 Å². The molecule has 6 N–H and O–H groups in total. The number of aromatic amines is 1. The smallest absolute Gasteiger partial charge is 0.222 e. The maximum atomic E-state index is 5.86. The maximum Gasteiger partial charge on any atom is 0.222 e. The van der Waals surface area contributed by atoms with Crippen molar-refractivity contribution in [3.63, 3.8) is 0 Å². The fourth-order valence-electron chi connectivity index (χ4n) is 3.40. The third-order valence-corrected chi connectivity index (χ3v) is 4.69. The van der Waals surface area contributed by atoms with Crippen LogP contribution in [0.5, 0.6) is 0 Å². The first-order chi connectivity index (χ1) is 10.7. The molecule has 9 heteroatoms.